The number of morpholine rings is 1. The van der Waals surface area contributed by atoms with Crippen LogP contribution >= 0.6 is 0 Å². The molecule has 1 aromatic heterocycles. The normalized spacial score (nSPS) is 24.5. The van der Waals surface area contributed by atoms with Crippen molar-refractivity contribution in [2.75, 3.05) is 32.8 Å². The molecule has 0 radical (unpaired) electrons. The predicted octanol–water partition coefficient (Wildman–Crippen LogP) is 2.35. The predicted molar refractivity (Wildman–Crippen MR) is 108 cm³/mol. The summed E-state index contributed by atoms with van der Waals surface area (Å²) in [7, 11) is 0. The zero-order valence-electron chi connectivity index (χ0n) is 17.8. The molecule has 1 atom stereocenters. The first-order valence-corrected chi connectivity index (χ1v) is 11.4. The number of carbonyl (C=O) groups is 2. The molecule has 2 aliphatic heterocycles. The van der Waals surface area contributed by atoms with Crippen molar-refractivity contribution in [3.8, 4) is 0 Å². The van der Waals surface area contributed by atoms with Gasteiger partial charge < -0.3 is 14.5 Å². The SMILES string of the molecule is O=C(c1cn(C[C@@H]2CC(F)(F)CN2C(=O)CCC2CCCCC2)nn1)N1CCOCC1. The highest BCUT2D eigenvalue weighted by Crippen LogP contribution is 2.34. The number of carbonyl (C=O) groups excluding carboxylic acids is 2. The van der Waals surface area contributed by atoms with Gasteiger partial charge in [0.15, 0.2) is 5.69 Å². The molecule has 31 heavy (non-hydrogen) atoms. The molecule has 0 unspecified atom stereocenters. The van der Waals surface area contributed by atoms with Crippen LogP contribution in [-0.2, 0) is 16.1 Å². The lowest BCUT2D eigenvalue weighted by atomic mass is 9.86. The quantitative estimate of drug-likeness (QED) is 0.680. The number of hydrogen-bond donors (Lipinski definition) is 0. The summed E-state index contributed by atoms with van der Waals surface area (Å²) in [5, 5.41) is 7.89. The molecular weight excluding hydrogens is 408 g/mol. The standard InChI is InChI=1S/C21H31F2N5O3/c22-21(23)12-17(28(15-21)19(29)7-6-16-4-2-1-3-5-16)13-27-14-18(24-25-27)20(30)26-8-10-31-11-9-26/h14,16-17H,1-13,15H2/t17-/m0/s1. The summed E-state index contributed by atoms with van der Waals surface area (Å²) in [6, 6.07) is -0.651. The molecule has 3 fully saturated rings. The molecular formula is C21H31F2N5O3. The second-order valence-corrected chi connectivity index (χ2v) is 9.01. The fourth-order valence-corrected chi connectivity index (χ4v) is 4.93. The third-order valence-corrected chi connectivity index (χ3v) is 6.64. The first kappa shape index (κ1) is 22.1. The third kappa shape index (κ3) is 5.58. The van der Waals surface area contributed by atoms with E-state index in [1.807, 2.05) is 0 Å². The monoisotopic (exact) mass is 439 g/mol. The highest BCUT2D eigenvalue weighted by atomic mass is 19.3. The molecule has 2 amide bonds. The van der Waals surface area contributed by atoms with E-state index in [4.69, 9.17) is 4.74 Å². The van der Waals surface area contributed by atoms with Gasteiger partial charge >= 0.3 is 0 Å². The molecule has 0 aromatic carbocycles. The van der Waals surface area contributed by atoms with Crippen molar-refractivity contribution in [1.29, 1.82) is 0 Å². The molecule has 1 aliphatic carbocycles. The van der Waals surface area contributed by atoms with Gasteiger partial charge in [-0.05, 0) is 12.3 Å². The Morgan fingerprint density at radius 1 is 1.16 bits per heavy atom. The van der Waals surface area contributed by atoms with Crippen LogP contribution in [0.3, 0.4) is 0 Å². The Morgan fingerprint density at radius 2 is 1.90 bits per heavy atom. The smallest absolute Gasteiger partial charge is 0.276 e. The Hall–Kier alpha value is -2.10. The van der Waals surface area contributed by atoms with E-state index in [-0.39, 0.29) is 24.1 Å². The number of aromatic nitrogens is 3. The molecule has 8 nitrogen and oxygen atoms in total. The number of nitrogens with zero attached hydrogens (tertiary/aromatic N) is 5. The van der Waals surface area contributed by atoms with Gasteiger partial charge in [0.05, 0.1) is 38.5 Å². The van der Waals surface area contributed by atoms with Crippen molar-refractivity contribution in [2.24, 2.45) is 5.92 Å². The molecule has 10 heteroatoms. The van der Waals surface area contributed by atoms with Gasteiger partial charge in [-0.15, -0.1) is 5.10 Å². The van der Waals surface area contributed by atoms with E-state index in [0.717, 1.165) is 19.3 Å². The maximum atomic E-state index is 14.2. The van der Waals surface area contributed by atoms with Crippen molar-refractivity contribution in [1.82, 2.24) is 24.8 Å². The van der Waals surface area contributed by atoms with Crippen molar-refractivity contribution in [2.45, 2.75) is 69.9 Å². The molecule has 0 N–H and O–H groups in total. The van der Waals surface area contributed by atoms with Gasteiger partial charge in [0.25, 0.3) is 11.8 Å². The molecule has 172 valence electrons. The Kier molecular flexibility index (Phi) is 6.83. The molecule has 1 saturated carbocycles. The van der Waals surface area contributed by atoms with E-state index in [0.29, 0.717) is 38.6 Å². The largest absolute Gasteiger partial charge is 0.378 e. The minimum absolute atomic E-state index is 0.105. The zero-order valence-corrected chi connectivity index (χ0v) is 17.8. The molecule has 4 rings (SSSR count). The second kappa shape index (κ2) is 9.58. The lowest BCUT2D eigenvalue weighted by molar-refractivity contribution is -0.133. The van der Waals surface area contributed by atoms with Crippen molar-refractivity contribution < 1.29 is 23.1 Å². The maximum absolute atomic E-state index is 14.2. The van der Waals surface area contributed by atoms with Gasteiger partial charge in [0.2, 0.25) is 5.91 Å². The molecule has 1 aromatic rings. The van der Waals surface area contributed by atoms with Gasteiger partial charge in [-0.2, -0.15) is 0 Å². The van der Waals surface area contributed by atoms with E-state index in [1.165, 1.54) is 35.0 Å². The van der Waals surface area contributed by atoms with Crippen LogP contribution in [0.5, 0.6) is 0 Å². The molecule has 3 heterocycles. The van der Waals surface area contributed by atoms with Crippen molar-refractivity contribution >= 4 is 11.8 Å². The van der Waals surface area contributed by atoms with E-state index in [2.05, 4.69) is 10.3 Å². The average Bonchev–Trinajstić information content (AvgIpc) is 3.36. The number of hydrogen-bond acceptors (Lipinski definition) is 5. The van der Waals surface area contributed by atoms with Crippen molar-refractivity contribution in [3.05, 3.63) is 11.9 Å². The van der Waals surface area contributed by atoms with E-state index < -0.39 is 24.9 Å². The van der Waals surface area contributed by atoms with Crippen LogP contribution in [0.25, 0.3) is 0 Å². The van der Waals surface area contributed by atoms with Crippen molar-refractivity contribution in [3.63, 3.8) is 0 Å². The van der Waals surface area contributed by atoms with Crippen LogP contribution in [0.1, 0.15) is 61.9 Å². The number of likely N-dealkylation sites (tertiary alicyclic amines) is 1. The molecule has 0 bridgehead atoms. The molecule has 2 saturated heterocycles. The summed E-state index contributed by atoms with van der Waals surface area (Å²) in [4.78, 5) is 28.3. The summed E-state index contributed by atoms with van der Waals surface area (Å²) >= 11 is 0. The minimum Gasteiger partial charge on any atom is -0.378 e. The summed E-state index contributed by atoms with van der Waals surface area (Å²) < 4.78 is 35.0. The first-order chi connectivity index (χ1) is 14.9. The topological polar surface area (TPSA) is 80.6 Å². The maximum Gasteiger partial charge on any atom is 0.276 e. The van der Waals surface area contributed by atoms with Crippen LogP contribution in [-0.4, -0.2) is 81.4 Å². The number of ether oxygens (including phenoxy) is 1. The van der Waals surface area contributed by atoms with Gasteiger partial charge in [-0.25, -0.2) is 13.5 Å². The summed E-state index contributed by atoms with van der Waals surface area (Å²) in [6.45, 7) is 1.50. The number of halogens is 2. The average molecular weight is 440 g/mol. The number of amides is 2. The van der Waals surface area contributed by atoms with Crippen LogP contribution in [0, 0.1) is 5.92 Å². The Morgan fingerprint density at radius 3 is 2.65 bits per heavy atom. The van der Waals surface area contributed by atoms with Crippen LogP contribution in [0.4, 0.5) is 8.78 Å². The van der Waals surface area contributed by atoms with E-state index >= 15 is 0 Å². The second-order valence-electron chi connectivity index (χ2n) is 9.01. The number of rotatable bonds is 6. The Balaban J connectivity index is 1.36. The summed E-state index contributed by atoms with van der Waals surface area (Å²) in [5.41, 5.74) is 0.182. The molecule has 0 spiro atoms. The van der Waals surface area contributed by atoms with Gasteiger partial charge in [0.1, 0.15) is 0 Å². The lowest BCUT2D eigenvalue weighted by Crippen LogP contribution is -2.40. The Bertz CT molecular complexity index is 775. The highest BCUT2D eigenvalue weighted by molar-refractivity contribution is 5.92. The van der Waals surface area contributed by atoms with E-state index in [1.54, 1.807) is 4.90 Å². The molecule has 3 aliphatic rings. The first-order valence-electron chi connectivity index (χ1n) is 11.4. The van der Waals surface area contributed by atoms with Gasteiger partial charge in [-0.1, -0.05) is 37.3 Å². The Labute approximate surface area is 180 Å². The van der Waals surface area contributed by atoms with Crippen LogP contribution in [0.15, 0.2) is 6.20 Å². The zero-order chi connectivity index (χ0) is 21.8. The third-order valence-electron chi connectivity index (χ3n) is 6.64. The van der Waals surface area contributed by atoms with Gasteiger partial charge in [-0.3, -0.25) is 9.59 Å². The lowest BCUT2D eigenvalue weighted by Gasteiger charge is -2.26. The van der Waals surface area contributed by atoms with Crippen LogP contribution in [0.2, 0.25) is 0 Å². The minimum atomic E-state index is -2.90. The summed E-state index contributed by atoms with van der Waals surface area (Å²) in [5.74, 6) is -2.83. The van der Waals surface area contributed by atoms with Gasteiger partial charge in [0, 0.05) is 25.9 Å². The summed E-state index contributed by atoms with van der Waals surface area (Å²) in [6.07, 6.45) is 8.08. The van der Waals surface area contributed by atoms with Crippen LogP contribution < -0.4 is 0 Å². The number of alkyl halides is 2. The fourth-order valence-electron chi connectivity index (χ4n) is 4.93. The van der Waals surface area contributed by atoms with E-state index in [9.17, 15) is 18.4 Å². The highest BCUT2D eigenvalue weighted by Gasteiger charge is 2.47. The fraction of sp³-hybridized carbons (Fsp3) is 0.810.